The molecule has 0 aliphatic heterocycles. The van der Waals surface area contributed by atoms with Crippen molar-refractivity contribution >= 4 is 11.9 Å². The van der Waals surface area contributed by atoms with Crippen molar-refractivity contribution in [1.29, 1.82) is 0 Å². The third kappa shape index (κ3) is 6.34. The molecule has 6 heteroatoms. The molecule has 1 atom stereocenters. The van der Waals surface area contributed by atoms with Gasteiger partial charge in [-0.15, -0.1) is 0 Å². The number of aryl methyl sites for hydroxylation is 1. The Hall–Kier alpha value is -3.41. The summed E-state index contributed by atoms with van der Waals surface area (Å²) < 4.78 is 6.95. The highest BCUT2D eigenvalue weighted by Gasteiger charge is 2.21. The van der Waals surface area contributed by atoms with Crippen molar-refractivity contribution < 1.29 is 14.3 Å². The highest BCUT2D eigenvalue weighted by Crippen LogP contribution is 2.27. The second-order valence-corrected chi connectivity index (χ2v) is 8.55. The third-order valence-electron chi connectivity index (χ3n) is 6.09. The van der Waals surface area contributed by atoms with Crippen LogP contribution in [0.3, 0.4) is 0 Å². The summed E-state index contributed by atoms with van der Waals surface area (Å²) in [6.07, 6.45) is 3.66. The van der Waals surface area contributed by atoms with Gasteiger partial charge < -0.3 is 10.1 Å². The number of rotatable bonds is 11. The predicted octanol–water partition coefficient (Wildman–Crippen LogP) is 5.70. The van der Waals surface area contributed by atoms with E-state index in [0.717, 1.165) is 37.1 Å². The molecular formula is C28H35N3O3. The van der Waals surface area contributed by atoms with Crippen LogP contribution in [0.5, 0.6) is 0 Å². The number of benzene rings is 2. The molecule has 0 saturated heterocycles. The van der Waals surface area contributed by atoms with Crippen LogP contribution in [-0.2, 0) is 11.2 Å². The largest absolute Gasteiger partial charge is 0.461 e. The van der Waals surface area contributed by atoms with Crippen LogP contribution in [0.4, 0.5) is 0 Å². The summed E-state index contributed by atoms with van der Waals surface area (Å²) >= 11 is 0. The zero-order valence-electron chi connectivity index (χ0n) is 20.6. The van der Waals surface area contributed by atoms with Crippen molar-refractivity contribution in [3.8, 4) is 5.69 Å². The quantitative estimate of drug-likeness (QED) is 0.372. The van der Waals surface area contributed by atoms with Crippen molar-refractivity contribution in [2.24, 2.45) is 0 Å². The van der Waals surface area contributed by atoms with Crippen molar-refractivity contribution in [2.75, 3.05) is 6.61 Å². The molecule has 0 fully saturated rings. The summed E-state index contributed by atoms with van der Waals surface area (Å²) in [7, 11) is 0. The number of amides is 1. The molecule has 1 amide bonds. The van der Waals surface area contributed by atoms with E-state index in [1.54, 1.807) is 23.7 Å². The first kappa shape index (κ1) is 25.2. The van der Waals surface area contributed by atoms with Crippen LogP contribution >= 0.6 is 0 Å². The Labute approximate surface area is 202 Å². The van der Waals surface area contributed by atoms with E-state index in [2.05, 4.69) is 36.4 Å². The van der Waals surface area contributed by atoms with Crippen LogP contribution in [-0.4, -0.2) is 34.3 Å². The number of carbonyl (C=O) groups is 2. The molecular weight excluding hydrogens is 426 g/mol. The fraction of sp³-hybridized carbons (Fsp3) is 0.393. The molecule has 6 nitrogen and oxygen atoms in total. The fourth-order valence-corrected chi connectivity index (χ4v) is 4.07. The number of carbonyl (C=O) groups excluding carboxylic acids is 2. The van der Waals surface area contributed by atoms with Gasteiger partial charge in [-0.25, -0.2) is 9.48 Å². The predicted molar refractivity (Wildman–Crippen MR) is 135 cm³/mol. The van der Waals surface area contributed by atoms with Gasteiger partial charge in [-0.3, -0.25) is 4.79 Å². The van der Waals surface area contributed by atoms with Crippen molar-refractivity contribution in [1.82, 2.24) is 15.1 Å². The van der Waals surface area contributed by atoms with Crippen LogP contribution in [0.25, 0.3) is 5.69 Å². The monoisotopic (exact) mass is 461 g/mol. The SMILES string of the molecule is CCOC(=O)c1cc(C(CC)CC)n(-c2ccc(C(=O)N[C@@H](C)CCc3ccccc3)cc2)n1. The zero-order chi connectivity index (χ0) is 24.5. The van der Waals surface area contributed by atoms with E-state index in [9.17, 15) is 9.59 Å². The molecule has 0 unspecified atom stereocenters. The van der Waals surface area contributed by atoms with Crippen molar-refractivity contribution in [2.45, 2.75) is 65.3 Å². The molecule has 3 rings (SSSR count). The first-order valence-corrected chi connectivity index (χ1v) is 12.2. The molecule has 0 spiro atoms. The van der Waals surface area contributed by atoms with Gasteiger partial charge in [-0.05, 0) is 75.4 Å². The Morgan fingerprint density at radius 2 is 1.68 bits per heavy atom. The molecule has 0 radical (unpaired) electrons. The van der Waals surface area contributed by atoms with Crippen LogP contribution in [0.1, 0.15) is 85.0 Å². The van der Waals surface area contributed by atoms with Crippen molar-refractivity contribution in [3.63, 3.8) is 0 Å². The normalized spacial score (nSPS) is 11.9. The summed E-state index contributed by atoms with van der Waals surface area (Å²) in [6, 6.07) is 19.5. The van der Waals surface area contributed by atoms with E-state index in [1.165, 1.54) is 5.56 Å². The molecule has 1 aromatic heterocycles. The Balaban J connectivity index is 1.72. The van der Waals surface area contributed by atoms with Gasteiger partial charge in [0.2, 0.25) is 0 Å². The second kappa shape index (κ2) is 12.2. The van der Waals surface area contributed by atoms with Gasteiger partial charge in [0.15, 0.2) is 5.69 Å². The highest BCUT2D eigenvalue weighted by molar-refractivity contribution is 5.94. The minimum absolute atomic E-state index is 0.0621. The summed E-state index contributed by atoms with van der Waals surface area (Å²) in [5.41, 5.74) is 3.95. The smallest absolute Gasteiger partial charge is 0.358 e. The van der Waals surface area contributed by atoms with Gasteiger partial charge in [0, 0.05) is 23.2 Å². The average Bonchev–Trinajstić information content (AvgIpc) is 3.30. The summed E-state index contributed by atoms with van der Waals surface area (Å²) in [6.45, 7) is 8.37. The van der Waals surface area contributed by atoms with Gasteiger partial charge in [-0.2, -0.15) is 5.10 Å². The molecule has 0 saturated carbocycles. The minimum atomic E-state index is -0.422. The maximum atomic E-state index is 12.8. The van der Waals surface area contributed by atoms with Gasteiger partial charge >= 0.3 is 5.97 Å². The van der Waals surface area contributed by atoms with Crippen LogP contribution in [0, 0.1) is 0 Å². The van der Waals surface area contributed by atoms with E-state index in [0.29, 0.717) is 17.9 Å². The summed E-state index contributed by atoms with van der Waals surface area (Å²) in [5.74, 6) is -0.252. The molecule has 2 aromatic carbocycles. The third-order valence-corrected chi connectivity index (χ3v) is 6.09. The number of esters is 1. The molecule has 0 aliphatic carbocycles. The van der Waals surface area contributed by atoms with E-state index in [1.807, 2.05) is 43.3 Å². The fourth-order valence-electron chi connectivity index (χ4n) is 4.07. The van der Waals surface area contributed by atoms with Gasteiger partial charge in [0.05, 0.1) is 12.3 Å². The Kier molecular flexibility index (Phi) is 9.02. The number of nitrogens with zero attached hydrogens (tertiary/aromatic N) is 2. The van der Waals surface area contributed by atoms with Crippen molar-refractivity contribution in [3.05, 3.63) is 83.2 Å². The Morgan fingerprint density at radius 3 is 2.29 bits per heavy atom. The van der Waals surface area contributed by atoms with Crippen LogP contribution in [0.15, 0.2) is 60.7 Å². The standard InChI is InChI=1S/C28H35N3O3/c1-5-22(6-2)26-19-25(28(33)34-7-3)30-31(26)24-17-15-23(16-18-24)27(32)29-20(4)13-14-21-11-9-8-10-12-21/h8-12,15-20,22H,5-7,13-14H2,1-4H3,(H,29,32)/t20-/m0/s1. The summed E-state index contributed by atoms with van der Waals surface area (Å²) in [4.78, 5) is 25.0. The lowest BCUT2D eigenvalue weighted by Gasteiger charge is -2.16. The Morgan fingerprint density at radius 1 is 1.00 bits per heavy atom. The van der Waals surface area contributed by atoms with Crippen LogP contribution < -0.4 is 5.32 Å². The lowest BCUT2D eigenvalue weighted by molar-refractivity contribution is 0.0518. The number of ether oxygens (including phenoxy) is 1. The van der Waals surface area contributed by atoms with E-state index >= 15 is 0 Å². The topological polar surface area (TPSA) is 73.2 Å². The first-order valence-electron chi connectivity index (χ1n) is 12.2. The first-order chi connectivity index (χ1) is 16.5. The molecule has 0 bridgehead atoms. The van der Waals surface area contributed by atoms with Gasteiger partial charge in [0.25, 0.3) is 5.91 Å². The lowest BCUT2D eigenvalue weighted by atomic mass is 9.99. The second-order valence-electron chi connectivity index (χ2n) is 8.55. The molecule has 1 heterocycles. The van der Waals surface area contributed by atoms with E-state index < -0.39 is 5.97 Å². The Bertz CT molecular complexity index is 1070. The average molecular weight is 462 g/mol. The maximum absolute atomic E-state index is 12.8. The number of aromatic nitrogens is 2. The number of hydrogen-bond acceptors (Lipinski definition) is 4. The molecule has 180 valence electrons. The van der Waals surface area contributed by atoms with E-state index in [4.69, 9.17) is 4.74 Å². The lowest BCUT2D eigenvalue weighted by Crippen LogP contribution is -2.32. The minimum Gasteiger partial charge on any atom is -0.461 e. The van der Waals surface area contributed by atoms with E-state index in [-0.39, 0.29) is 17.9 Å². The molecule has 0 aliphatic rings. The molecule has 3 aromatic rings. The summed E-state index contributed by atoms with van der Waals surface area (Å²) in [5, 5.41) is 7.62. The maximum Gasteiger partial charge on any atom is 0.358 e. The molecule has 1 N–H and O–H groups in total. The van der Waals surface area contributed by atoms with Gasteiger partial charge in [-0.1, -0.05) is 44.2 Å². The van der Waals surface area contributed by atoms with Gasteiger partial charge in [0.1, 0.15) is 0 Å². The van der Waals surface area contributed by atoms with Crippen LogP contribution in [0.2, 0.25) is 0 Å². The highest BCUT2D eigenvalue weighted by atomic mass is 16.5. The number of nitrogens with one attached hydrogen (secondary N) is 1. The zero-order valence-corrected chi connectivity index (χ0v) is 20.6. The number of hydrogen-bond donors (Lipinski definition) is 1. The molecule has 34 heavy (non-hydrogen) atoms.